The summed E-state index contributed by atoms with van der Waals surface area (Å²) < 4.78 is 5.27. The zero-order valence-corrected chi connectivity index (χ0v) is 9.69. The van der Waals surface area contributed by atoms with Gasteiger partial charge in [-0.2, -0.15) is 5.26 Å². The number of nitrogens with one attached hydrogen (secondary N) is 2. The van der Waals surface area contributed by atoms with E-state index in [9.17, 15) is 4.79 Å². The van der Waals surface area contributed by atoms with E-state index in [4.69, 9.17) is 10.00 Å². The van der Waals surface area contributed by atoms with Crippen LogP contribution in [0, 0.1) is 11.3 Å². The highest BCUT2D eigenvalue weighted by molar-refractivity contribution is 5.77. The van der Waals surface area contributed by atoms with Crippen molar-refractivity contribution >= 4 is 5.91 Å². The Labute approximate surface area is 100 Å². The molecule has 0 radical (unpaired) electrons. The molecule has 17 heavy (non-hydrogen) atoms. The number of benzene rings is 1. The molecule has 0 aliphatic heterocycles. The lowest BCUT2D eigenvalue weighted by molar-refractivity contribution is -0.119. The highest BCUT2D eigenvalue weighted by Crippen LogP contribution is 2.17. The van der Waals surface area contributed by atoms with Gasteiger partial charge in [0.05, 0.1) is 6.54 Å². The van der Waals surface area contributed by atoms with Gasteiger partial charge in [-0.3, -0.25) is 4.79 Å². The third-order valence-corrected chi connectivity index (χ3v) is 2.14. The summed E-state index contributed by atoms with van der Waals surface area (Å²) in [6, 6.07) is 9.34. The smallest absolute Gasteiger partial charge is 0.233 e. The van der Waals surface area contributed by atoms with E-state index in [1.807, 2.05) is 24.3 Å². The number of likely N-dealkylation sites (N-methyl/N-ethyl adjacent to an activating group) is 1. The molecule has 0 atom stereocenters. The van der Waals surface area contributed by atoms with Gasteiger partial charge in [-0.1, -0.05) is 18.2 Å². The van der Waals surface area contributed by atoms with Crippen LogP contribution in [0.2, 0.25) is 0 Å². The third kappa shape index (κ3) is 4.53. The fourth-order valence-electron chi connectivity index (χ4n) is 1.30. The van der Waals surface area contributed by atoms with Gasteiger partial charge in [0.25, 0.3) is 0 Å². The van der Waals surface area contributed by atoms with Crippen LogP contribution >= 0.6 is 0 Å². The quantitative estimate of drug-likeness (QED) is 0.747. The summed E-state index contributed by atoms with van der Waals surface area (Å²) >= 11 is 0. The minimum absolute atomic E-state index is 0.0203. The van der Waals surface area contributed by atoms with Crippen molar-refractivity contribution in [2.45, 2.75) is 6.54 Å². The largest absolute Gasteiger partial charge is 0.478 e. The number of rotatable bonds is 6. The molecule has 5 heteroatoms. The number of para-hydroxylation sites is 1. The molecule has 0 saturated carbocycles. The Kier molecular flexibility index (Phi) is 5.55. The van der Waals surface area contributed by atoms with Gasteiger partial charge in [0.2, 0.25) is 5.91 Å². The molecule has 0 aliphatic rings. The van der Waals surface area contributed by atoms with Gasteiger partial charge in [-0.25, -0.2) is 0 Å². The fourth-order valence-corrected chi connectivity index (χ4v) is 1.30. The van der Waals surface area contributed by atoms with E-state index in [2.05, 4.69) is 10.6 Å². The second-order valence-electron chi connectivity index (χ2n) is 3.33. The van der Waals surface area contributed by atoms with Crippen LogP contribution in [0.15, 0.2) is 24.3 Å². The molecule has 0 fully saturated rings. The molecule has 0 aliphatic carbocycles. The van der Waals surface area contributed by atoms with Crippen LogP contribution in [0.5, 0.6) is 5.75 Å². The lowest BCUT2D eigenvalue weighted by Gasteiger charge is -2.09. The van der Waals surface area contributed by atoms with Gasteiger partial charge in [-0.05, 0) is 6.07 Å². The van der Waals surface area contributed by atoms with Crippen molar-refractivity contribution in [1.29, 1.82) is 5.26 Å². The maximum Gasteiger partial charge on any atom is 0.233 e. The molecule has 1 aromatic carbocycles. The molecule has 0 aromatic heterocycles. The first-order chi connectivity index (χ1) is 8.27. The molecule has 1 aromatic rings. The van der Waals surface area contributed by atoms with Crippen molar-refractivity contribution in [3.8, 4) is 11.8 Å². The van der Waals surface area contributed by atoms with Crippen LogP contribution in [0.25, 0.3) is 0 Å². The molecule has 0 heterocycles. The Balaban J connectivity index is 2.52. The predicted octanol–water partition coefficient (Wildman–Crippen LogP) is 0.425. The number of nitrogens with zero attached hydrogens (tertiary/aromatic N) is 1. The Bertz CT molecular complexity index is 412. The Morgan fingerprint density at radius 1 is 1.47 bits per heavy atom. The number of ether oxygens (including phenoxy) is 1. The van der Waals surface area contributed by atoms with E-state index in [0.717, 1.165) is 5.56 Å². The predicted molar refractivity (Wildman–Crippen MR) is 63.3 cm³/mol. The van der Waals surface area contributed by atoms with Crippen LogP contribution in [0.1, 0.15) is 5.56 Å². The van der Waals surface area contributed by atoms with Crippen molar-refractivity contribution in [2.75, 3.05) is 20.2 Å². The van der Waals surface area contributed by atoms with Crippen molar-refractivity contribution < 1.29 is 9.53 Å². The van der Waals surface area contributed by atoms with Crippen molar-refractivity contribution in [1.82, 2.24) is 10.6 Å². The van der Waals surface area contributed by atoms with E-state index in [0.29, 0.717) is 12.3 Å². The second kappa shape index (κ2) is 7.25. The lowest BCUT2D eigenvalue weighted by Crippen LogP contribution is -2.31. The molecule has 2 N–H and O–H groups in total. The van der Waals surface area contributed by atoms with Crippen LogP contribution in [0.3, 0.4) is 0 Å². The lowest BCUT2D eigenvalue weighted by atomic mass is 10.2. The summed E-state index contributed by atoms with van der Waals surface area (Å²) in [5.41, 5.74) is 0.923. The van der Waals surface area contributed by atoms with Gasteiger partial charge >= 0.3 is 0 Å². The monoisotopic (exact) mass is 233 g/mol. The normalized spacial score (nSPS) is 9.41. The van der Waals surface area contributed by atoms with Gasteiger partial charge < -0.3 is 15.4 Å². The summed E-state index contributed by atoms with van der Waals surface area (Å²) in [6.45, 7) is 0.796. The maximum absolute atomic E-state index is 11.0. The second-order valence-corrected chi connectivity index (χ2v) is 3.33. The molecule has 5 nitrogen and oxygen atoms in total. The Hall–Kier alpha value is -2.06. The molecule has 0 bridgehead atoms. The SMILES string of the molecule is CNC(=O)CNCc1ccccc1OCC#N. The summed E-state index contributed by atoms with van der Waals surface area (Å²) in [6.07, 6.45) is 0. The molecule has 0 saturated heterocycles. The number of carbonyl (C=O) groups excluding carboxylic acids is 1. The topological polar surface area (TPSA) is 74.2 Å². The van der Waals surface area contributed by atoms with Crippen molar-refractivity contribution in [3.63, 3.8) is 0 Å². The fraction of sp³-hybridized carbons (Fsp3) is 0.333. The Morgan fingerprint density at radius 2 is 2.24 bits per heavy atom. The first-order valence-electron chi connectivity index (χ1n) is 5.27. The Morgan fingerprint density at radius 3 is 2.94 bits per heavy atom. The molecular weight excluding hydrogens is 218 g/mol. The number of amides is 1. The number of hydrogen-bond acceptors (Lipinski definition) is 4. The van der Waals surface area contributed by atoms with Gasteiger partial charge in [0.1, 0.15) is 11.8 Å². The standard InChI is InChI=1S/C12H15N3O2/c1-14-12(16)9-15-8-10-4-2-3-5-11(10)17-7-6-13/h2-5,15H,7-9H2,1H3,(H,14,16). The molecule has 1 amide bonds. The number of nitriles is 1. The minimum atomic E-state index is -0.0691. The molecular formula is C12H15N3O2. The molecule has 0 unspecified atom stereocenters. The van der Waals surface area contributed by atoms with Crippen LogP contribution in [0.4, 0.5) is 0 Å². The molecule has 90 valence electrons. The first kappa shape index (κ1) is 13.0. The van der Waals surface area contributed by atoms with Gasteiger partial charge in [0, 0.05) is 19.2 Å². The highest BCUT2D eigenvalue weighted by Gasteiger charge is 2.03. The van der Waals surface area contributed by atoms with Crippen LogP contribution in [-0.2, 0) is 11.3 Å². The van der Waals surface area contributed by atoms with Crippen molar-refractivity contribution in [2.24, 2.45) is 0 Å². The van der Waals surface area contributed by atoms with Gasteiger partial charge in [0.15, 0.2) is 6.61 Å². The summed E-state index contributed by atoms with van der Waals surface area (Å²) in [7, 11) is 1.59. The van der Waals surface area contributed by atoms with E-state index >= 15 is 0 Å². The maximum atomic E-state index is 11.0. The number of carbonyl (C=O) groups is 1. The highest BCUT2D eigenvalue weighted by atomic mass is 16.5. The zero-order chi connectivity index (χ0) is 12.5. The van der Waals surface area contributed by atoms with Crippen LogP contribution in [-0.4, -0.2) is 26.1 Å². The summed E-state index contributed by atoms with van der Waals surface area (Å²) in [4.78, 5) is 11.0. The van der Waals surface area contributed by atoms with Gasteiger partial charge in [-0.15, -0.1) is 0 Å². The first-order valence-corrected chi connectivity index (χ1v) is 5.27. The average molecular weight is 233 g/mol. The number of hydrogen-bond donors (Lipinski definition) is 2. The minimum Gasteiger partial charge on any atom is -0.478 e. The van der Waals surface area contributed by atoms with E-state index < -0.39 is 0 Å². The van der Waals surface area contributed by atoms with E-state index in [-0.39, 0.29) is 19.1 Å². The van der Waals surface area contributed by atoms with Crippen LogP contribution < -0.4 is 15.4 Å². The summed E-state index contributed by atoms with van der Waals surface area (Å²) in [5, 5.41) is 14.0. The van der Waals surface area contributed by atoms with Crippen molar-refractivity contribution in [3.05, 3.63) is 29.8 Å². The average Bonchev–Trinajstić information content (AvgIpc) is 2.37. The van der Waals surface area contributed by atoms with E-state index in [1.165, 1.54) is 0 Å². The summed E-state index contributed by atoms with van der Waals surface area (Å²) in [5.74, 6) is 0.596. The zero-order valence-electron chi connectivity index (χ0n) is 9.69. The molecule has 1 rings (SSSR count). The molecule has 0 spiro atoms. The third-order valence-electron chi connectivity index (χ3n) is 2.14. The van der Waals surface area contributed by atoms with E-state index in [1.54, 1.807) is 13.1 Å².